The highest BCUT2D eigenvalue weighted by molar-refractivity contribution is 5.96. The van der Waals surface area contributed by atoms with Crippen LogP contribution in [-0.2, 0) is 4.79 Å². The second kappa shape index (κ2) is 8.93. The van der Waals surface area contributed by atoms with Crippen LogP contribution in [0.3, 0.4) is 0 Å². The maximum Gasteiger partial charge on any atom is 0.162 e. The molecule has 0 radical (unpaired) electrons. The lowest BCUT2D eigenvalue weighted by Gasteiger charge is -2.04. The van der Waals surface area contributed by atoms with Crippen molar-refractivity contribution in [1.29, 1.82) is 0 Å². The van der Waals surface area contributed by atoms with Crippen molar-refractivity contribution in [1.82, 2.24) is 0 Å². The molecule has 2 aromatic rings. The Morgan fingerprint density at radius 3 is 2.09 bits per heavy atom. The van der Waals surface area contributed by atoms with Gasteiger partial charge in [-0.2, -0.15) is 0 Å². The standard InChI is InChI=1S/C20H22O2/c21-16-8-3-1-2-7-11-20(22)19-14-12-18(13-15-19)17-9-5-4-6-10-17/h4-6,9-10,12-16H,1-3,7-8,11H2. The van der Waals surface area contributed by atoms with Gasteiger partial charge in [0.05, 0.1) is 0 Å². The molecule has 0 heterocycles. The molecule has 0 aliphatic rings. The predicted octanol–water partition coefficient (Wildman–Crippen LogP) is 5.08. The van der Waals surface area contributed by atoms with Gasteiger partial charge in [-0.1, -0.05) is 67.4 Å². The first-order chi connectivity index (χ1) is 10.8. The average Bonchev–Trinajstić information content (AvgIpc) is 2.59. The molecular weight excluding hydrogens is 272 g/mol. The zero-order valence-corrected chi connectivity index (χ0v) is 12.8. The minimum Gasteiger partial charge on any atom is -0.303 e. The van der Waals surface area contributed by atoms with E-state index in [2.05, 4.69) is 12.1 Å². The maximum absolute atomic E-state index is 12.1. The molecular formula is C20H22O2. The van der Waals surface area contributed by atoms with Gasteiger partial charge in [0.25, 0.3) is 0 Å². The molecule has 2 nitrogen and oxygen atoms in total. The monoisotopic (exact) mass is 294 g/mol. The van der Waals surface area contributed by atoms with Crippen LogP contribution in [0.4, 0.5) is 0 Å². The number of carbonyl (C=O) groups is 2. The summed E-state index contributed by atoms with van der Waals surface area (Å²) in [7, 11) is 0. The Hall–Kier alpha value is -2.22. The average molecular weight is 294 g/mol. The van der Waals surface area contributed by atoms with Gasteiger partial charge in [0.2, 0.25) is 0 Å². The zero-order chi connectivity index (χ0) is 15.6. The van der Waals surface area contributed by atoms with Crippen molar-refractivity contribution in [2.45, 2.75) is 38.5 Å². The Balaban J connectivity index is 1.82. The highest BCUT2D eigenvalue weighted by Gasteiger charge is 2.06. The highest BCUT2D eigenvalue weighted by atomic mass is 16.1. The fraction of sp³-hybridized carbons (Fsp3) is 0.300. The van der Waals surface area contributed by atoms with Crippen LogP contribution in [0.1, 0.15) is 48.9 Å². The van der Waals surface area contributed by atoms with Crippen molar-refractivity contribution in [2.24, 2.45) is 0 Å². The summed E-state index contributed by atoms with van der Waals surface area (Å²) in [6, 6.07) is 18.0. The van der Waals surface area contributed by atoms with Crippen molar-refractivity contribution < 1.29 is 9.59 Å². The summed E-state index contributed by atoms with van der Waals surface area (Å²) in [5.74, 6) is 0.204. The summed E-state index contributed by atoms with van der Waals surface area (Å²) in [5, 5.41) is 0. The highest BCUT2D eigenvalue weighted by Crippen LogP contribution is 2.20. The first-order valence-electron chi connectivity index (χ1n) is 7.93. The van der Waals surface area contributed by atoms with E-state index in [1.54, 1.807) is 0 Å². The van der Waals surface area contributed by atoms with Crippen LogP contribution in [-0.4, -0.2) is 12.1 Å². The summed E-state index contributed by atoms with van der Waals surface area (Å²) in [6.45, 7) is 0. The van der Waals surface area contributed by atoms with Gasteiger partial charge in [-0.15, -0.1) is 0 Å². The molecule has 0 bridgehead atoms. The van der Waals surface area contributed by atoms with E-state index in [1.807, 2.05) is 42.5 Å². The largest absolute Gasteiger partial charge is 0.303 e. The van der Waals surface area contributed by atoms with Gasteiger partial charge < -0.3 is 4.79 Å². The molecule has 0 aromatic heterocycles. The molecule has 0 spiro atoms. The number of hydrogen-bond acceptors (Lipinski definition) is 2. The molecule has 0 atom stereocenters. The fourth-order valence-electron chi connectivity index (χ4n) is 2.49. The van der Waals surface area contributed by atoms with E-state index in [0.717, 1.165) is 48.7 Å². The van der Waals surface area contributed by atoms with Crippen molar-refractivity contribution in [3.63, 3.8) is 0 Å². The molecule has 0 N–H and O–H groups in total. The number of carbonyl (C=O) groups excluding carboxylic acids is 2. The number of hydrogen-bond donors (Lipinski definition) is 0. The van der Waals surface area contributed by atoms with Gasteiger partial charge in [0, 0.05) is 18.4 Å². The fourth-order valence-corrected chi connectivity index (χ4v) is 2.49. The summed E-state index contributed by atoms with van der Waals surface area (Å²) in [4.78, 5) is 22.3. The van der Waals surface area contributed by atoms with Crippen molar-refractivity contribution >= 4 is 12.1 Å². The van der Waals surface area contributed by atoms with E-state index < -0.39 is 0 Å². The summed E-state index contributed by atoms with van der Waals surface area (Å²) < 4.78 is 0. The van der Waals surface area contributed by atoms with Crippen LogP contribution >= 0.6 is 0 Å². The van der Waals surface area contributed by atoms with Gasteiger partial charge in [0.1, 0.15) is 6.29 Å². The molecule has 0 saturated heterocycles. The molecule has 22 heavy (non-hydrogen) atoms. The van der Waals surface area contributed by atoms with Gasteiger partial charge >= 0.3 is 0 Å². The lowest BCUT2D eigenvalue weighted by molar-refractivity contribution is -0.107. The van der Waals surface area contributed by atoms with Gasteiger partial charge in [-0.3, -0.25) is 4.79 Å². The first kappa shape index (κ1) is 16.2. The molecule has 114 valence electrons. The van der Waals surface area contributed by atoms with Crippen molar-refractivity contribution in [3.05, 3.63) is 60.2 Å². The predicted molar refractivity (Wildman–Crippen MR) is 90.0 cm³/mol. The number of Topliss-reactive ketones (excluding diaryl/α,β-unsaturated/α-hetero) is 1. The third-order valence-corrected chi connectivity index (χ3v) is 3.79. The normalized spacial score (nSPS) is 10.4. The van der Waals surface area contributed by atoms with Gasteiger partial charge in [-0.05, 0) is 24.0 Å². The number of rotatable bonds is 9. The molecule has 0 aliphatic heterocycles. The van der Waals surface area contributed by atoms with Gasteiger partial charge in [0.15, 0.2) is 5.78 Å². The summed E-state index contributed by atoms with van der Waals surface area (Å²) in [6.07, 6.45) is 6.06. The van der Waals surface area contributed by atoms with Crippen molar-refractivity contribution in [3.8, 4) is 11.1 Å². The first-order valence-corrected chi connectivity index (χ1v) is 7.93. The van der Waals surface area contributed by atoms with Crippen LogP contribution in [0.25, 0.3) is 11.1 Å². The second-order valence-electron chi connectivity index (χ2n) is 5.49. The molecule has 0 saturated carbocycles. The van der Waals surface area contributed by atoms with E-state index >= 15 is 0 Å². The Labute approximate surface area is 132 Å². The Kier molecular flexibility index (Phi) is 6.56. The van der Waals surface area contributed by atoms with E-state index in [4.69, 9.17) is 0 Å². The molecule has 0 aliphatic carbocycles. The summed E-state index contributed by atoms with van der Waals surface area (Å²) in [5.41, 5.74) is 3.08. The zero-order valence-electron chi connectivity index (χ0n) is 12.8. The third kappa shape index (κ3) is 4.96. The Morgan fingerprint density at radius 1 is 0.773 bits per heavy atom. The van der Waals surface area contributed by atoms with Gasteiger partial charge in [-0.25, -0.2) is 0 Å². The molecule has 2 rings (SSSR count). The summed E-state index contributed by atoms with van der Waals surface area (Å²) >= 11 is 0. The minimum atomic E-state index is 0.204. The smallest absolute Gasteiger partial charge is 0.162 e. The molecule has 0 unspecified atom stereocenters. The molecule has 2 heteroatoms. The van der Waals surface area contributed by atoms with E-state index in [9.17, 15) is 9.59 Å². The number of aldehydes is 1. The van der Waals surface area contributed by atoms with E-state index in [0.29, 0.717) is 12.8 Å². The van der Waals surface area contributed by atoms with Crippen molar-refractivity contribution in [2.75, 3.05) is 0 Å². The topological polar surface area (TPSA) is 34.1 Å². The van der Waals surface area contributed by atoms with E-state index in [-0.39, 0.29) is 5.78 Å². The number of unbranched alkanes of at least 4 members (excludes halogenated alkanes) is 4. The minimum absolute atomic E-state index is 0.204. The quantitative estimate of drug-likeness (QED) is 0.367. The number of ketones is 1. The van der Waals surface area contributed by atoms with E-state index in [1.165, 1.54) is 0 Å². The lowest BCUT2D eigenvalue weighted by atomic mass is 10.00. The SMILES string of the molecule is O=CCCCCCCC(=O)c1ccc(-c2ccccc2)cc1. The maximum atomic E-state index is 12.1. The Morgan fingerprint density at radius 2 is 1.41 bits per heavy atom. The van der Waals surface area contributed by atoms with Crippen LogP contribution in [0.5, 0.6) is 0 Å². The molecule has 0 amide bonds. The molecule has 2 aromatic carbocycles. The third-order valence-electron chi connectivity index (χ3n) is 3.79. The number of benzene rings is 2. The lowest BCUT2D eigenvalue weighted by Crippen LogP contribution is -1.98. The van der Waals surface area contributed by atoms with Crippen LogP contribution in [0.2, 0.25) is 0 Å². The second-order valence-corrected chi connectivity index (χ2v) is 5.49. The van der Waals surface area contributed by atoms with Crippen LogP contribution in [0.15, 0.2) is 54.6 Å². The van der Waals surface area contributed by atoms with Crippen LogP contribution in [0, 0.1) is 0 Å². The Bertz CT molecular complexity index is 585. The molecule has 0 fully saturated rings. The van der Waals surface area contributed by atoms with Crippen LogP contribution < -0.4 is 0 Å².